The first kappa shape index (κ1) is 22.2. The third kappa shape index (κ3) is 7.37. The lowest BCUT2D eigenvalue weighted by Gasteiger charge is -2.14. The van der Waals surface area contributed by atoms with E-state index in [9.17, 15) is 4.79 Å². The summed E-state index contributed by atoms with van der Waals surface area (Å²) in [4.78, 5) is 10.8. The lowest BCUT2D eigenvalue weighted by molar-refractivity contribution is -0.136. The molecule has 3 aromatic rings. The Balaban J connectivity index is 1.50. The van der Waals surface area contributed by atoms with Gasteiger partial charge in [-0.2, -0.15) is 0 Å². The molecule has 162 valence electrons. The van der Waals surface area contributed by atoms with E-state index in [1.807, 2.05) is 54.6 Å². The van der Waals surface area contributed by atoms with Crippen LogP contribution in [-0.4, -0.2) is 24.3 Å². The number of hydrogen-bond acceptors (Lipinski definition) is 4. The number of para-hydroxylation sites is 1. The molecule has 0 bridgehead atoms. The fraction of sp³-hybridized carbons (Fsp3) is 0.269. The van der Waals surface area contributed by atoms with Gasteiger partial charge >= 0.3 is 5.97 Å². The molecule has 0 aliphatic carbocycles. The van der Waals surface area contributed by atoms with E-state index in [-0.39, 0.29) is 6.42 Å². The van der Waals surface area contributed by atoms with Crippen molar-refractivity contribution in [3.8, 4) is 23.0 Å². The molecule has 0 saturated heterocycles. The van der Waals surface area contributed by atoms with Gasteiger partial charge in [-0.15, -0.1) is 0 Å². The Labute approximate surface area is 183 Å². The maximum atomic E-state index is 10.8. The average Bonchev–Trinajstić information content (AvgIpc) is 2.75. The van der Waals surface area contributed by atoms with E-state index in [2.05, 4.69) is 6.92 Å². The maximum absolute atomic E-state index is 10.8. The topological polar surface area (TPSA) is 65.0 Å². The zero-order valence-electron chi connectivity index (χ0n) is 17.8. The summed E-state index contributed by atoms with van der Waals surface area (Å²) in [5.74, 6) is 2.29. The van der Waals surface area contributed by atoms with Gasteiger partial charge in [-0.05, 0) is 60.0 Å². The molecule has 5 nitrogen and oxygen atoms in total. The Bertz CT molecular complexity index is 969. The molecule has 0 aliphatic rings. The number of ether oxygens (including phenoxy) is 3. The van der Waals surface area contributed by atoms with E-state index in [1.54, 1.807) is 18.2 Å². The Morgan fingerprint density at radius 3 is 2.39 bits per heavy atom. The quantitative estimate of drug-likeness (QED) is 0.369. The molecule has 0 aliphatic heterocycles. The molecule has 3 aromatic carbocycles. The van der Waals surface area contributed by atoms with E-state index >= 15 is 0 Å². The number of benzene rings is 3. The molecule has 31 heavy (non-hydrogen) atoms. The van der Waals surface area contributed by atoms with Gasteiger partial charge in [0.25, 0.3) is 0 Å². The van der Waals surface area contributed by atoms with E-state index < -0.39 is 5.97 Å². The van der Waals surface area contributed by atoms with Crippen LogP contribution in [0.5, 0.6) is 23.0 Å². The van der Waals surface area contributed by atoms with Crippen molar-refractivity contribution < 1.29 is 24.1 Å². The van der Waals surface area contributed by atoms with Gasteiger partial charge in [0.2, 0.25) is 0 Å². The molecule has 0 radical (unpaired) electrons. The SMILES string of the molecule is CCCc1cc(Oc2ccccc2)ccc1OCCCOc1cccc(CC(=O)O)c1. The summed E-state index contributed by atoms with van der Waals surface area (Å²) >= 11 is 0. The number of rotatable bonds is 12. The zero-order valence-corrected chi connectivity index (χ0v) is 17.8. The Morgan fingerprint density at radius 1 is 0.839 bits per heavy atom. The van der Waals surface area contributed by atoms with Gasteiger partial charge in [-0.25, -0.2) is 0 Å². The van der Waals surface area contributed by atoms with Crippen molar-refractivity contribution in [3.05, 3.63) is 83.9 Å². The minimum atomic E-state index is -0.853. The van der Waals surface area contributed by atoms with Gasteiger partial charge in [0.1, 0.15) is 23.0 Å². The van der Waals surface area contributed by atoms with Crippen molar-refractivity contribution >= 4 is 5.97 Å². The second kappa shape index (κ2) is 11.6. The molecule has 0 heterocycles. The number of carboxylic acids is 1. The van der Waals surface area contributed by atoms with Gasteiger partial charge in [-0.3, -0.25) is 4.79 Å². The van der Waals surface area contributed by atoms with E-state index in [1.165, 1.54) is 0 Å². The van der Waals surface area contributed by atoms with Crippen molar-refractivity contribution in [2.24, 2.45) is 0 Å². The Morgan fingerprint density at radius 2 is 1.61 bits per heavy atom. The Kier molecular flexibility index (Phi) is 8.35. The summed E-state index contributed by atoms with van der Waals surface area (Å²) in [6.07, 6.45) is 2.64. The smallest absolute Gasteiger partial charge is 0.307 e. The summed E-state index contributed by atoms with van der Waals surface area (Å²) in [5, 5.41) is 8.90. The molecular weight excluding hydrogens is 392 g/mol. The molecule has 0 fully saturated rings. The summed E-state index contributed by atoms with van der Waals surface area (Å²) in [5.41, 5.74) is 1.85. The highest BCUT2D eigenvalue weighted by Gasteiger charge is 2.07. The number of aliphatic carboxylic acids is 1. The van der Waals surface area contributed by atoms with Gasteiger partial charge in [-0.1, -0.05) is 43.7 Å². The standard InChI is InChI=1S/C26H28O5/c1-2-8-21-19-24(31-22-10-4-3-5-11-22)13-14-25(21)30-16-7-15-29-23-12-6-9-20(17-23)18-26(27)28/h3-6,9-14,17,19H,2,7-8,15-16,18H2,1H3,(H,27,28). The monoisotopic (exact) mass is 420 g/mol. The number of carboxylic acid groups (broad SMARTS) is 1. The van der Waals surface area contributed by atoms with Crippen LogP contribution in [0.1, 0.15) is 30.9 Å². The highest BCUT2D eigenvalue weighted by molar-refractivity contribution is 5.70. The number of carbonyl (C=O) groups is 1. The molecular formula is C26H28O5. The van der Waals surface area contributed by atoms with Crippen LogP contribution in [0.4, 0.5) is 0 Å². The van der Waals surface area contributed by atoms with Crippen LogP contribution in [0.15, 0.2) is 72.8 Å². The third-order valence-electron chi connectivity index (χ3n) is 4.60. The highest BCUT2D eigenvalue weighted by atomic mass is 16.5. The van der Waals surface area contributed by atoms with Crippen LogP contribution in [0, 0.1) is 0 Å². The third-order valence-corrected chi connectivity index (χ3v) is 4.60. The van der Waals surface area contributed by atoms with Gasteiger partial charge in [0.05, 0.1) is 19.6 Å². The van der Waals surface area contributed by atoms with Crippen molar-refractivity contribution in [1.29, 1.82) is 0 Å². The van der Waals surface area contributed by atoms with Crippen LogP contribution in [0.2, 0.25) is 0 Å². The maximum Gasteiger partial charge on any atom is 0.307 e. The molecule has 0 spiro atoms. The van der Waals surface area contributed by atoms with Crippen molar-refractivity contribution in [3.63, 3.8) is 0 Å². The van der Waals surface area contributed by atoms with Crippen molar-refractivity contribution in [1.82, 2.24) is 0 Å². The van der Waals surface area contributed by atoms with Gasteiger partial charge in [0.15, 0.2) is 0 Å². The zero-order chi connectivity index (χ0) is 21.9. The van der Waals surface area contributed by atoms with Crippen LogP contribution in [-0.2, 0) is 17.6 Å². The molecule has 0 aromatic heterocycles. The molecule has 0 atom stereocenters. The lowest BCUT2D eigenvalue weighted by Crippen LogP contribution is -2.07. The predicted molar refractivity (Wildman–Crippen MR) is 120 cm³/mol. The fourth-order valence-electron chi connectivity index (χ4n) is 3.20. The number of aryl methyl sites for hydroxylation is 1. The first-order valence-corrected chi connectivity index (χ1v) is 10.6. The normalized spacial score (nSPS) is 10.5. The van der Waals surface area contributed by atoms with Crippen molar-refractivity contribution in [2.75, 3.05) is 13.2 Å². The minimum absolute atomic E-state index is 0.00943. The summed E-state index contributed by atoms with van der Waals surface area (Å²) < 4.78 is 17.7. The summed E-state index contributed by atoms with van der Waals surface area (Å²) in [7, 11) is 0. The highest BCUT2D eigenvalue weighted by Crippen LogP contribution is 2.29. The average molecular weight is 421 g/mol. The van der Waals surface area contributed by atoms with Gasteiger partial charge < -0.3 is 19.3 Å². The van der Waals surface area contributed by atoms with E-state index in [0.717, 1.165) is 47.6 Å². The Hall–Kier alpha value is -3.47. The molecule has 0 saturated carbocycles. The van der Waals surface area contributed by atoms with E-state index in [0.29, 0.717) is 19.0 Å². The molecule has 1 N–H and O–H groups in total. The van der Waals surface area contributed by atoms with Crippen LogP contribution in [0.3, 0.4) is 0 Å². The first-order valence-electron chi connectivity index (χ1n) is 10.6. The van der Waals surface area contributed by atoms with Crippen LogP contribution in [0.25, 0.3) is 0 Å². The first-order chi connectivity index (χ1) is 15.1. The molecule has 5 heteroatoms. The van der Waals surface area contributed by atoms with E-state index in [4.69, 9.17) is 19.3 Å². The van der Waals surface area contributed by atoms with Crippen LogP contribution < -0.4 is 14.2 Å². The number of hydrogen-bond donors (Lipinski definition) is 1. The second-order valence-corrected chi connectivity index (χ2v) is 7.20. The second-order valence-electron chi connectivity index (χ2n) is 7.20. The van der Waals surface area contributed by atoms with Crippen molar-refractivity contribution in [2.45, 2.75) is 32.6 Å². The fourth-order valence-corrected chi connectivity index (χ4v) is 3.20. The summed E-state index contributed by atoms with van der Waals surface area (Å²) in [6, 6.07) is 22.8. The molecule has 0 unspecified atom stereocenters. The summed E-state index contributed by atoms with van der Waals surface area (Å²) in [6.45, 7) is 3.17. The molecule has 0 amide bonds. The predicted octanol–water partition coefficient (Wildman–Crippen LogP) is 5.91. The largest absolute Gasteiger partial charge is 0.493 e. The lowest BCUT2D eigenvalue weighted by atomic mass is 10.1. The minimum Gasteiger partial charge on any atom is -0.493 e. The molecule has 3 rings (SSSR count). The van der Waals surface area contributed by atoms with Crippen LogP contribution >= 0.6 is 0 Å². The van der Waals surface area contributed by atoms with Gasteiger partial charge in [0, 0.05) is 6.42 Å².